The van der Waals surface area contributed by atoms with Crippen LogP contribution in [0.15, 0.2) is 29.1 Å². The largest absolute Gasteiger partial charge is 0.327 e. The topological polar surface area (TPSA) is 49.8 Å². The highest BCUT2D eigenvalue weighted by Gasteiger charge is 2.19. The van der Waals surface area contributed by atoms with Crippen molar-refractivity contribution in [1.29, 1.82) is 0 Å². The van der Waals surface area contributed by atoms with E-state index in [0.717, 1.165) is 30.4 Å². The van der Waals surface area contributed by atoms with Gasteiger partial charge >= 0.3 is 5.69 Å². The molecule has 0 saturated carbocycles. The molecule has 0 bridgehead atoms. The van der Waals surface area contributed by atoms with Gasteiger partial charge in [0.1, 0.15) is 0 Å². The van der Waals surface area contributed by atoms with Gasteiger partial charge in [-0.15, -0.1) is 0 Å². The normalized spacial score (nSPS) is 21.2. The Balaban J connectivity index is 2.23. The van der Waals surface area contributed by atoms with Gasteiger partial charge in [0.2, 0.25) is 0 Å². The summed E-state index contributed by atoms with van der Waals surface area (Å²) in [5, 5.41) is 3.33. The second-order valence-electron chi connectivity index (χ2n) is 3.93. The molecule has 0 aliphatic carbocycles. The van der Waals surface area contributed by atoms with Crippen LogP contribution in [0.25, 0.3) is 11.0 Å². The minimum atomic E-state index is -0.0180. The summed E-state index contributed by atoms with van der Waals surface area (Å²) in [5.74, 6) is 0. The van der Waals surface area contributed by atoms with Crippen LogP contribution < -0.4 is 11.0 Å². The molecule has 1 unspecified atom stereocenters. The van der Waals surface area contributed by atoms with Crippen molar-refractivity contribution in [1.82, 2.24) is 14.9 Å². The van der Waals surface area contributed by atoms with E-state index in [2.05, 4.69) is 10.3 Å². The fourth-order valence-electron chi connectivity index (χ4n) is 2.27. The van der Waals surface area contributed by atoms with E-state index >= 15 is 0 Å². The SMILES string of the molecule is O=c1[nH]c2ccccc2n1C1CCCN1. The first kappa shape index (κ1) is 8.73. The zero-order chi connectivity index (χ0) is 10.3. The van der Waals surface area contributed by atoms with Gasteiger partial charge in [0.15, 0.2) is 0 Å². The molecule has 1 fully saturated rings. The van der Waals surface area contributed by atoms with Crippen molar-refractivity contribution in [3.05, 3.63) is 34.7 Å². The van der Waals surface area contributed by atoms with Crippen LogP contribution >= 0.6 is 0 Å². The lowest BCUT2D eigenvalue weighted by Crippen LogP contribution is -2.28. The van der Waals surface area contributed by atoms with Crippen LogP contribution in [-0.4, -0.2) is 16.1 Å². The van der Waals surface area contributed by atoms with Gasteiger partial charge in [0.25, 0.3) is 0 Å². The molecular formula is C11H13N3O. The number of benzene rings is 1. The van der Waals surface area contributed by atoms with Gasteiger partial charge in [-0.05, 0) is 31.5 Å². The number of nitrogens with one attached hydrogen (secondary N) is 2. The molecule has 4 heteroatoms. The van der Waals surface area contributed by atoms with Crippen molar-refractivity contribution >= 4 is 11.0 Å². The van der Waals surface area contributed by atoms with Gasteiger partial charge in [0, 0.05) is 0 Å². The maximum Gasteiger partial charge on any atom is 0.327 e. The van der Waals surface area contributed by atoms with Crippen molar-refractivity contribution in [2.45, 2.75) is 19.0 Å². The van der Waals surface area contributed by atoms with Crippen LogP contribution in [0.4, 0.5) is 0 Å². The molecule has 1 aliphatic rings. The molecule has 1 aliphatic heterocycles. The average molecular weight is 203 g/mol. The third kappa shape index (κ3) is 1.29. The van der Waals surface area contributed by atoms with Crippen LogP contribution in [0.5, 0.6) is 0 Å². The van der Waals surface area contributed by atoms with Crippen LogP contribution in [0.1, 0.15) is 19.0 Å². The first-order valence-corrected chi connectivity index (χ1v) is 5.29. The maximum atomic E-state index is 11.8. The summed E-state index contributed by atoms with van der Waals surface area (Å²) in [7, 11) is 0. The molecule has 1 saturated heterocycles. The number of H-pyrrole nitrogens is 1. The fourth-order valence-corrected chi connectivity index (χ4v) is 2.27. The first-order valence-electron chi connectivity index (χ1n) is 5.29. The summed E-state index contributed by atoms with van der Waals surface area (Å²) in [4.78, 5) is 14.7. The smallest absolute Gasteiger partial charge is 0.305 e. The number of hydrogen-bond donors (Lipinski definition) is 2. The molecule has 4 nitrogen and oxygen atoms in total. The summed E-state index contributed by atoms with van der Waals surface area (Å²) >= 11 is 0. The minimum absolute atomic E-state index is 0.0180. The molecule has 2 heterocycles. The van der Waals surface area contributed by atoms with Crippen molar-refractivity contribution in [3.8, 4) is 0 Å². The van der Waals surface area contributed by atoms with Gasteiger partial charge < -0.3 is 4.98 Å². The van der Waals surface area contributed by atoms with Crippen LogP contribution in [-0.2, 0) is 0 Å². The second kappa shape index (κ2) is 3.24. The second-order valence-corrected chi connectivity index (χ2v) is 3.93. The highest BCUT2D eigenvalue weighted by atomic mass is 16.1. The zero-order valence-electron chi connectivity index (χ0n) is 8.36. The van der Waals surface area contributed by atoms with E-state index in [1.54, 1.807) is 0 Å². The van der Waals surface area contributed by atoms with Crippen molar-refractivity contribution in [2.24, 2.45) is 0 Å². The lowest BCUT2D eigenvalue weighted by atomic mass is 10.3. The van der Waals surface area contributed by atoms with Crippen LogP contribution in [0, 0.1) is 0 Å². The Hall–Kier alpha value is -1.55. The summed E-state index contributed by atoms with van der Waals surface area (Å²) in [6.07, 6.45) is 2.33. The van der Waals surface area contributed by atoms with Gasteiger partial charge in [-0.1, -0.05) is 12.1 Å². The van der Waals surface area contributed by atoms with E-state index < -0.39 is 0 Å². The first-order chi connectivity index (χ1) is 7.36. The molecule has 1 aromatic carbocycles. The number of imidazole rings is 1. The summed E-state index contributed by atoms with van der Waals surface area (Å²) in [6.45, 7) is 0.997. The number of aromatic nitrogens is 2. The third-order valence-corrected chi connectivity index (χ3v) is 2.97. The molecule has 0 spiro atoms. The molecule has 1 atom stereocenters. The Kier molecular flexibility index (Phi) is 1.89. The third-order valence-electron chi connectivity index (χ3n) is 2.97. The Morgan fingerprint density at radius 3 is 3.00 bits per heavy atom. The highest BCUT2D eigenvalue weighted by molar-refractivity contribution is 5.75. The molecule has 2 N–H and O–H groups in total. The molecule has 0 radical (unpaired) electrons. The Morgan fingerprint density at radius 1 is 1.33 bits per heavy atom. The predicted octanol–water partition coefficient (Wildman–Crippen LogP) is 1.21. The number of para-hydroxylation sites is 2. The van der Waals surface area contributed by atoms with Crippen molar-refractivity contribution < 1.29 is 0 Å². The Bertz CT molecular complexity index is 534. The predicted molar refractivity (Wildman–Crippen MR) is 58.8 cm³/mol. The standard InChI is InChI=1S/C11H13N3O/c15-11-13-8-4-1-2-5-9(8)14(11)10-6-3-7-12-10/h1-2,4-5,10,12H,3,6-7H2,(H,13,15). The summed E-state index contributed by atoms with van der Waals surface area (Å²) in [6, 6.07) is 7.81. The Morgan fingerprint density at radius 2 is 2.20 bits per heavy atom. The number of hydrogen-bond acceptors (Lipinski definition) is 2. The lowest BCUT2D eigenvalue weighted by Gasteiger charge is -2.11. The Labute approximate surface area is 86.9 Å². The number of fused-ring (bicyclic) bond motifs is 1. The molecule has 3 rings (SSSR count). The van der Waals surface area contributed by atoms with Crippen molar-refractivity contribution in [3.63, 3.8) is 0 Å². The van der Waals surface area contributed by atoms with E-state index in [0.29, 0.717) is 0 Å². The van der Waals surface area contributed by atoms with E-state index in [4.69, 9.17) is 0 Å². The van der Waals surface area contributed by atoms with E-state index in [-0.39, 0.29) is 11.9 Å². The van der Waals surface area contributed by atoms with Gasteiger partial charge in [0.05, 0.1) is 17.2 Å². The van der Waals surface area contributed by atoms with Crippen LogP contribution in [0.3, 0.4) is 0 Å². The van der Waals surface area contributed by atoms with E-state index in [1.165, 1.54) is 0 Å². The lowest BCUT2D eigenvalue weighted by molar-refractivity contribution is 0.469. The van der Waals surface area contributed by atoms with Gasteiger partial charge in [-0.2, -0.15) is 0 Å². The fraction of sp³-hybridized carbons (Fsp3) is 0.364. The molecule has 15 heavy (non-hydrogen) atoms. The monoisotopic (exact) mass is 203 g/mol. The molecule has 1 aromatic heterocycles. The molecule has 0 amide bonds. The minimum Gasteiger partial charge on any atom is -0.305 e. The summed E-state index contributed by atoms with van der Waals surface area (Å²) in [5.41, 5.74) is 1.88. The number of nitrogens with zero attached hydrogens (tertiary/aromatic N) is 1. The summed E-state index contributed by atoms with van der Waals surface area (Å²) < 4.78 is 1.82. The molecule has 78 valence electrons. The van der Waals surface area contributed by atoms with E-state index in [1.807, 2.05) is 28.8 Å². The van der Waals surface area contributed by atoms with Gasteiger partial charge in [-0.25, -0.2) is 4.79 Å². The van der Waals surface area contributed by atoms with Crippen molar-refractivity contribution in [2.75, 3.05) is 6.54 Å². The quantitative estimate of drug-likeness (QED) is 0.732. The molecular weight excluding hydrogens is 190 g/mol. The van der Waals surface area contributed by atoms with E-state index in [9.17, 15) is 4.79 Å². The molecule has 2 aromatic rings. The maximum absolute atomic E-state index is 11.8. The van der Waals surface area contributed by atoms with Gasteiger partial charge in [-0.3, -0.25) is 9.88 Å². The number of rotatable bonds is 1. The average Bonchev–Trinajstić information content (AvgIpc) is 2.82. The van der Waals surface area contributed by atoms with Crippen LogP contribution in [0.2, 0.25) is 0 Å². The zero-order valence-corrected chi connectivity index (χ0v) is 8.36. The number of aromatic amines is 1. The highest BCUT2D eigenvalue weighted by Crippen LogP contribution is 2.19.